The molecule has 8 atom stereocenters. The molecule has 2 aliphatic rings. The van der Waals surface area contributed by atoms with Gasteiger partial charge in [0.05, 0.1) is 18.8 Å². The summed E-state index contributed by atoms with van der Waals surface area (Å²) in [6.07, 6.45) is -11.4. The maximum atomic E-state index is 12.2. The Balaban J connectivity index is 1.90. The number of azide groups is 1. The summed E-state index contributed by atoms with van der Waals surface area (Å²) in [6, 6.07) is 0. The minimum absolute atomic E-state index is 0.269. The number of nitrogens with one attached hydrogen (secondary N) is 1. The number of nitrogens with zero attached hydrogens (tertiary/aromatic N) is 3. The third-order valence-corrected chi connectivity index (χ3v) is 4.37. The lowest BCUT2D eigenvalue weighted by Crippen LogP contribution is -2.47. The van der Waals surface area contributed by atoms with Crippen LogP contribution in [0.3, 0.4) is 0 Å². The van der Waals surface area contributed by atoms with Crippen molar-refractivity contribution in [1.29, 1.82) is 0 Å². The highest BCUT2D eigenvalue weighted by atomic mass is 16.6. The van der Waals surface area contributed by atoms with E-state index in [9.17, 15) is 30.0 Å². The van der Waals surface area contributed by atoms with Gasteiger partial charge >= 0.3 is 5.97 Å². The molecule has 2 fully saturated rings. The van der Waals surface area contributed by atoms with Crippen LogP contribution in [-0.4, -0.2) is 100 Å². The molecule has 2 heterocycles. The van der Waals surface area contributed by atoms with E-state index in [1.54, 1.807) is 13.8 Å². The van der Waals surface area contributed by atoms with Gasteiger partial charge in [-0.1, -0.05) is 5.11 Å². The SMILES string of the molecule is CC(C)OC(=O)[C@@H]1O[C@H](CNC(=O)[C@@H]2O[C@H](CN=[N+]=[N-])[C@H](O)[C@@H]2O)[C@H](O)[C@@H]1O. The number of amides is 1. The lowest BCUT2D eigenvalue weighted by Gasteiger charge is -2.18. The third-order valence-electron chi connectivity index (χ3n) is 4.37. The van der Waals surface area contributed by atoms with Crippen LogP contribution in [0, 0.1) is 0 Å². The lowest BCUT2D eigenvalue weighted by molar-refractivity contribution is -0.164. The average Bonchev–Trinajstić information content (AvgIpc) is 3.08. The molecule has 0 aromatic carbocycles. The van der Waals surface area contributed by atoms with Gasteiger partial charge in [-0.3, -0.25) is 4.79 Å². The Bertz CT molecular complexity index is 627. The van der Waals surface area contributed by atoms with E-state index in [0.717, 1.165) is 0 Å². The summed E-state index contributed by atoms with van der Waals surface area (Å²) >= 11 is 0. The van der Waals surface area contributed by atoms with Gasteiger partial charge < -0.3 is 40.0 Å². The number of hydrogen-bond acceptors (Lipinski definition) is 10. The minimum atomic E-state index is -1.55. The molecule has 2 rings (SSSR count). The Morgan fingerprint density at radius 1 is 1.07 bits per heavy atom. The molecule has 0 radical (unpaired) electrons. The van der Waals surface area contributed by atoms with Crippen LogP contribution in [0.4, 0.5) is 0 Å². The van der Waals surface area contributed by atoms with Gasteiger partial charge in [-0.25, -0.2) is 4.79 Å². The molecule has 13 nitrogen and oxygen atoms in total. The number of hydrogen-bond donors (Lipinski definition) is 5. The van der Waals surface area contributed by atoms with Crippen molar-refractivity contribution in [2.24, 2.45) is 5.11 Å². The third kappa shape index (κ3) is 4.89. The summed E-state index contributed by atoms with van der Waals surface area (Å²) in [5.41, 5.74) is 8.30. The average molecular weight is 404 g/mol. The Labute approximate surface area is 159 Å². The van der Waals surface area contributed by atoms with Crippen LogP contribution >= 0.6 is 0 Å². The van der Waals surface area contributed by atoms with Crippen molar-refractivity contribution < 1.29 is 44.2 Å². The number of carbonyl (C=O) groups is 2. The first kappa shape index (κ1) is 22.3. The summed E-state index contributed by atoms with van der Waals surface area (Å²) in [5, 5.41) is 45.3. The van der Waals surface area contributed by atoms with Crippen molar-refractivity contribution in [3.05, 3.63) is 10.4 Å². The zero-order valence-corrected chi connectivity index (χ0v) is 15.3. The fraction of sp³-hybridized carbons (Fsp3) is 0.867. The molecule has 0 aliphatic carbocycles. The van der Waals surface area contributed by atoms with Crippen LogP contribution in [0.15, 0.2) is 5.11 Å². The lowest BCUT2D eigenvalue weighted by atomic mass is 10.1. The molecule has 0 saturated carbocycles. The Morgan fingerprint density at radius 3 is 2.25 bits per heavy atom. The summed E-state index contributed by atoms with van der Waals surface area (Å²) in [4.78, 5) is 26.6. The number of ether oxygens (including phenoxy) is 3. The molecule has 158 valence electrons. The molecule has 28 heavy (non-hydrogen) atoms. The molecule has 2 aliphatic heterocycles. The summed E-state index contributed by atoms with van der Waals surface area (Å²) in [7, 11) is 0. The van der Waals surface area contributed by atoms with Crippen molar-refractivity contribution >= 4 is 11.9 Å². The van der Waals surface area contributed by atoms with E-state index in [0.29, 0.717) is 0 Å². The van der Waals surface area contributed by atoms with Crippen LogP contribution in [0.25, 0.3) is 10.4 Å². The molecular formula is C15H24N4O9. The van der Waals surface area contributed by atoms with E-state index in [2.05, 4.69) is 15.3 Å². The van der Waals surface area contributed by atoms with Gasteiger partial charge in [0.2, 0.25) is 0 Å². The maximum Gasteiger partial charge on any atom is 0.338 e. The second kappa shape index (κ2) is 9.47. The van der Waals surface area contributed by atoms with Crippen LogP contribution in [0.2, 0.25) is 0 Å². The number of aliphatic hydroxyl groups is 4. The van der Waals surface area contributed by atoms with E-state index in [1.165, 1.54) is 0 Å². The van der Waals surface area contributed by atoms with E-state index >= 15 is 0 Å². The Morgan fingerprint density at radius 2 is 1.64 bits per heavy atom. The monoisotopic (exact) mass is 404 g/mol. The van der Waals surface area contributed by atoms with Crippen molar-refractivity contribution in [1.82, 2.24) is 5.32 Å². The zero-order valence-electron chi connectivity index (χ0n) is 15.3. The normalized spacial score (nSPS) is 37.5. The first-order valence-corrected chi connectivity index (χ1v) is 8.69. The smallest absolute Gasteiger partial charge is 0.338 e. The number of rotatable bonds is 7. The van der Waals surface area contributed by atoms with Crippen molar-refractivity contribution in [2.45, 2.75) is 68.8 Å². The van der Waals surface area contributed by atoms with Gasteiger partial charge in [-0.05, 0) is 19.4 Å². The van der Waals surface area contributed by atoms with E-state index in [1.807, 2.05) is 0 Å². The highest BCUT2D eigenvalue weighted by Gasteiger charge is 2.49. The van der Waals surface area contributed by atoms with Gasteiger partial charge in [0.15, 0.2) is 12.2 Å². The molecule has 0 bridgehead atoms. The molecular weight excluding hydrogens is 380 g/mol. The zero-order chi connectivity index (χ0) is 21.0. The highest BCUT2D eigenvalue weighted by Crippen LogP contribution is 2.24. The van der Waals surface area contributed by atoms with Gasteiger partial charge in [-0.15, -0.1) is 0 Å². The number of carbonyl (C=O) groups excluding carboxylic acids is 2. The van der Waals surface area contributed by atoms with Gasteiger partial charge in [-0.2, -0.15) is 0 Å². The van der Waals surface area contributed by atoms with Crippen molar-refractivity contribution in [3.8, 4) is 0 Å². The van der Waals surface area contributed by atoms with Crippen molar-refractivity contribution in [3.63, 3.8) is 0 Å². The summed E-state index contributed by atoms with van der Waals surface area (Å²) in [6.45, 7) is 2.66. The Kier molecular flexibility index (Phi) is 7.55. The molecule has 1 amide bonds. The molecule has 2 saturated heterocycles. The molecule has 0 spiro atoms. The molecule has 13 heteroatoms. The predicted octanol–water partition coefficient (Wildman–Crippen LogP) is -2.66. The first-order valence-electron chi connectivity index (χ1n) is 8.69. The van der Waals surface area contributed by atoms with Crippen LogP contribution in [0.5, 0.6) is 0 Å². The largest absolute Gasteiger partial charge is 0.461 e. The number of esters is 1. The first-order chi connectivity index (χ1) is 13.2. The second-order valence-corrected chi connectivity index (χ2v) is 6.80. The van der Waals surface area contributed by atoms with E-state index in [-0.39, 0.29) is 13.1 Å². The van der Waals surface area contributed by atoms with Gasteiger partial charge in [0, 0.05) is 11.5 Å². The highest BCUT2D eigenvalue weighted by molar-refractivity contribution is 5.82. The molecule has 0 aromatic rings. The summed E-state index contributed by atoms with van der Waals surface area (Å²) in [5.74, 6) is -1.65. The summed E-state index contributed by atoms with van der Waals surface area (Å²) < 4.78 is 15.4. The second-order valence-electron chi connectivity index (χ2n) is 6.80. The maximum absolute atomic E-state index is 12.2. The standard InChI is InChI=1S/C15H24N4O9/c1-5(2)26-15(25)13-11(23)8(20)6(28-13)3-17-14(24)12-10(22)9(21)7(27-12)4-18-19-16/h5-13,20-23H,3-4H2,1-2H3,(H,17,24)/t6-,7-,8+,9+,10+,11+,12-,13-/m1/s1. The fourth-order valence-electron chi connectivity index (χ4n) is 2.95. The van der Waals surface area contributed by atoms with E-state index in [4.69, 9.17) is 19.7 Å². The van der Waals surface area contributed by atoms with Crippen LogP contribution in [-0.2, 0) is 23.8 Å². The molecule has 0 aromatic heterocycles. The minimum Gasteiger partial charge on any atom is -0.461 e. The quantitative estimate of drug-likeness (QED) is 0.130. The van der Waals surface area contributed by atoms with E-state index < -0.39 is 66.8 Å². The van der Waals surface area contributed by atoms with Crippen LogP contribution in [0.1, 0.15) is 13.8 Å². The van der Waals surface area contributed by atoms with Gasteiger partial charge in [0.25, 0.3) is 5.91 Å². The fourth-order valence-corrected chi connectivity index (χ4v) is 2.95. The predicted molar refractivity (Wildman–Crippen MR) is 89.6 cm³/mol. The Hall–Kier alpha value is -1.99. The van der Waals surface area contributed by atoms with Gasteiger partial charge in [0.1, 0.15) is 30.5 Å². The molecule has 5 N–H and O–H groups in total. The topological polar surface area (TPSA) is 204 Å². The molecule has 0 unspecified atom stereocenters. The number of aliphatic hydroxyl groups excluding tert-OH is 4. The van der Waals surface area contributed by atoms with Crippen LogP contribution < -0.4 is 5.32 Å². The van der Waals surface area contributed by atoms with Crippen molar-refractivity contribution in [2.75, 3.05) is 13.1 Å².